The Balaban J connectivity index is 2.60. The van der Waals surface area contributed by atoms with Crippen LogP contribution in [-0.2, 0) is 0 Å². The molecule has 0 atom stereocenters. The lowest BCUT2D eigenvalue weighted by Gasteiger charge is -1.91. The molecule has 1 saturated carbocycles. The van der Waals surface area contributed by atoms with E-state index >= 15 is 0 Å². The van der Waals surface area contributed by atoms with Crippen LogP contribution in [0.5, 0.6) is 0 Å². The fourth-order valence-corrected chi connectivity index (χ4v) is 0.724. The lowest BCUT2D eigenvalue weighted by atomic mass is 10.7. The highest BCUT2D eigenvalue weighted by Crippen LogP contribution is 2.34. The number of rotatable bonds is 1. The third kappa shape index (κ3) is 1.01. The van der Waals surface area contributed by atoms with Gasteiger partial charge in [0.15, 0.2) is 0 Å². The number of aromatic nitrogens is 2. The van der Waals surface area contributed by atoms with Gasteiger partial charge in [0, 0.05) is 11.7 Å². The van der Waals surface area contributed by atoms with Crippen molar-refractivity contribution in [1.29, 1.82) is 0 Å². The van der Waals surface area contributed by atoms with Crippen LogP contribution in [0.25, 0.3) is 0 Å². The molecule has 1 aromatic rings. The number of hydrogen-bond donors (Lipinski definition) is 0. The molecule has 3 heteroatoms. The summed E-state index contributed by atoms with van der Waals surface area (Å²) >= 11 is 2.91. The SMILES string of the molecule is [2H]c1nn(C2([2H])C([2H])([2H])C2([2H])[2H])c([2H])c1Br. The molecular formula is C6H7BrN2. The normalized spacial score (nSPS) is 44.3. The van der Waals surface area contributed by atoms with Crippen LogP contribution in [0.15, 0.2) is 16.8 Å². The highest BCUT2D eigenvalue weighted by Gasteiger charge is 2.23. The largest absolute Gasteiger partial charge is 0.269 e. The van der Waals surface area contributed by atoms with Crippen molar-refractivity contribution in [2.45, 2.75) is 18.8 Å². The highest BCUT2D eigenvalue weighted by atomic mass is 79.9. The van der Waals surface area contributed by atoms with E-state index in [-0.39, 0.29) is 16.8 Å². The first kappa shape index (κ1) is 1.84. The first-order valence-corrected chi connectivity index (χ1v) is 3.10. The fourth-order valence-electron chi connectivity index (χ4n) is 0.477. The van der Waals surface area contributed by atoms with Crippen LogP contribution in [0.3, 0.4) is 0 Å². The molecule has 0 unspecified atom stereocenters. The van der Waals surface area contributed by atoms with E-state index in [9.17, 15) is 0 Å². The van der Waals surface area contributed by atoms with E-state index < -0.39 is 18.8 Å². The molecule has 1 aliphatic rings. The van der Waals surface area contributed by atoms with Crippen LogP contribution in [0.1, 0.15) is 28.4 Å². The molecule has 1 heterocycles. The van der Waals surface area contributed by atoms with E-state index in [1.165, 1.54) is 0 Å². The Bertz CT molecular complexity index is 454. The van der Waals surface area contributed by atoms with Gasteiger partial charge >= 0.3 is 0 Å². The van der Waals surface area contributed by atoms with Crippen molar-refractivity contribution in [1.82, 2.24) is 9.78 Å². The molecule has 0 saturated heterocycles. The minimum absolute atomic E-state index is 0.0256. The molecule has 1 aromatic heterocycles. The Morgan fingerprint density at radius 1 is 2.11 bits per heavy atom. The number of hydrogen-bond acceptors (Lipinski definition) is 1. The Morgan fingerprint density at radius 2 is 2.89 bits per heavy atom. The van der Waals surface area contributed by atoms with Gasteiger partial charge in [0.25, 0.3) is 0 Å². The van der Waals surface area contributed by atoms with Crippen LogP contribution < -0.4 is 0 Å². The molecule has 2 rings (SSSR count). The van der Waals surface area contributed by atoms with Crippen molar-refractivity contribution in [2.75, 3.05) is 0 Å². The molecule has 0 spiro atoms. The van der Waals surface area contributed by atoms with E-state index in [0.717, 1.165) is 0 Å². The van der Waals surface area contributed by atoms with Crippen molar-refractivity contribution in [3.05, 3.63) is 16.8 Å². The quantitative estimate of drug-likeness (QED) is 0.668. The van der Waals surface area contributed by atoms with Gasteiger partial charge in [-0.1, -0.05) is 0 Å². The number of halogens is 1. The van der Waals surface area contributed by atoms with Gasteiger partial charge < -0.3 is 0 Å². The van der Waals surface area contributed by atoms with Crippen LogP contribution in [0, 0.1) is 0 Å². The van der Waals surface area contributed by atoms with Gasteiger partial charge in [0.05, 0.1) is 20.8 Å². The molecule has 0 bridgehead atoms. The summed E-state index contributed by atoms with van der Waals surface area (Å²) in [4.78, 5) is 0. The summed E-state index contributed by atoms with van der Waals surface area (Å²) in [6.07, 6.45) is -5.53. The summed E-state index contributed by atoms with van der Waals surface area (Å²) in [5, 5.41) is 3.52. The Kier molecular flexibility index (Phi) is 0.376. The predicted octanol–water partition coefficient (Wildman–Crippen LogP) is 1.98. The molecule has 48 valence electrons. The van der Waals surface area contributed by atoms with Crippen molar-refractivity contribution >= 4 is 15.9 Å². The van der Waals surface area contributed by atoms with E-state index in [0.29, 0.717) is 4.68 Å². The van der Waals surface area contributed by atoms with Gasteiger partial charge in [-0.25, -0.2) is 0 Å². The first-order valence-electron chi connectivity index (χ1n) is 5.81. The van der Waals surface area contributed by atoms with Gasteiger partial charge in [-0.3, -0.25) is 4.68 Å². The minimum atomic E-state index is -2.42. The highest BCUT2D eigenvalue weighted by molar-refractivity contribution is 9.10. The van der Waals surface area contributed by atoms with Gasteiger partial charge in [-0.05, 0) is 28.7 Å². The molecule has 1 aliphatic carbocycles. The smallest absolute Gasteiger partial charge is 0.0872 e. The van der Waals surface area contributed by atoms with E-state index in [1.807, 2.05) is 0 Å². The van der Waals surface area contributed by atoms with Crippen LogP contribution in [0.4, 0.5) is 0 Å². The third-order valence-electron chi connectivity index (χ3n) is 0.901. The van der Waals surface area contributed by atoms with Crippen LogP contribution >= 0.6 is 15.9 Å². The van der Waals surface area contributed by atoms with Crippen molar-refractivity contribution in [3.63, 3.8) is 0 Å². The zero-order chi connectivity index (χ0) is 12.5. The van der Waals surface area contributed by atoms with Gasteiger partial charge in [-0.2, -0.15) is 5.10 Å². The van der Waals surface area contributed by atoms with E-state index in [4.69, 9.17) is 9.60 Å². The molecule has 0 aliphatic heterocycles. The molecule has 0 radical (unpaired) electrons. The van der Waals surface area contributed by atoms with Crippen molar-refractivity contribution in [2.24, 2.45) is 0 Å². The second-order valence-corrected chi connectivity index (χ2v) is 2.34. The van der Waals surface area contributed by atoms with Crippen molar-refractivity contribution < 1.29 is 9.60 Å². The summed E-state index contributed by atoms with van der Waals surface area (Å²) in [6, 6.07) is -2.28. The number of nitrogens with zero attached hydrogens (tertiary/aromatic N) is 2. The maximum absolute atomic E-state index is 7.77. The molecule has 0 aromatic carbocycles. The van der Waals surface area contributed by atoms with Gasteiger partial charge in [0.2, 0.25) is 0 Å². The molecule has 0 N–H and O–H groups in total. The van der Waals surface area contributed by atoms with Crippen molar-refractivity contribution in [3.8, 4) is 0 Å². The second-order valence-electron chi connectivity index (χ2n) is 1.55. The average molecular weight is 194 g/mol. The third-order valence-corrected chi connectivity index (χ3v) is 1.26. The lowest BCUT2D eigenvalue weighted by molar-refractivity contribution is 0.641. The summed E-state index contributed by atoms with van der Waals surface area (Å²) in [5.74, 6) is 0. The second kappa shape index (κ2) is 1.84. The monoisotopic (exact) mass is 193 g/mol. The van der Waals surface area contributed by atoms with Gasteiger partial charge in [-0.15, -0.1) is 0 Å². The van der Waals surface area contributed by atoms with Gasteiger partial charge in [0.1, 0.15) is 0 Å². The Hall–Kier alpha value is -0.310. The average Bonchev–Trinajstić information content (AvgIpc) is 2.43. The van der Waals surface area contributed by atoms with E-state index in [1.54, 1.807) is 0 Å². The first-order chi connectivity index (χ1) is 7.09. The zero-order valence-electron chi connectivity index (χ0n) is 11.3. The molecule has 1 fully saturated rings. The maximum atomic E-state index is 7.77. The zero-order valence-corrected chi connectivity index (χ0v) is 5.86. The Labute approximate surface area is 71.8 Å². The van der Waals surface area contributed by atoms with Crippen LogP contribution in [-0.4, -0.2) is 9.78 Å². The van der Waals surface area contributed by atoms with E-state index in [2.05, 4.69) is 21.0 Å². The standard InChI is InChI=1S/C6H7BrN2/c7-5-3-8-9(4-5)6-1-2-6/h3-4,6H,1-2H2/i1D2,2D2,3D,4D,6D. The molecule has 2 nitrogen and oxygen atoms in total. The summed E-state index contributed by atoms with van der Waals surface area (Å²) in [5.41, 5.74) is 0. The molecule has 0 amide bonds. The summed E-state index contributed by atoms with van der Waals surface area (Å²) < 4.78 is 52.9. The maximum Gasteiger partial charge on any atom is 0.0872 e. The van der Waals surface area contributed by atoms with Crippen LogP contribution in [0.2, 0.25) is 0 Å². The Morgan fingerprint density at radius 3 is 3.33 bits per heavy atom. The predicted molar refractivity (Wildman–Crippen MR) is 38.2 cm³/mol. The molecular weight excluding hydrogens is 180 g/mol. The fraction of sp³-hybridized carbons (Fsp3) is 0.500. The molecule has 9 heavy (non-hydrogen) atoms. The summed E-state index contributed by atoms with van der Waals surface area (Å²) in [7, 11) is 0. The topological polar surface area (TPSA) is 17.8 Å². The minimum Gasteiger partial charge on any atom is -0.269 e. The summed E-state index contributed by atoms with van der Waals surface area (Å²) in [6.45, 7) is 0. The lowest BCUT2D eigenvalue weighted by Crippen LogP contribution is -1.91.